The maximum absolute atomic E-state index is 11.5. The molecule has 0 heterocycles. The van der Waals surface area contributed by atoms with Gasteiger partial charge in [-0.2, -0.15) is 0 Å². The predicted octanol–water partition coefficient (Wildman–Crippen LogP) is 3.40. The van der Waals surface area contributed by atoms with Gasteiger partial charge in [0.25, 0.3) is 0 Å². The van der Waals surface area contributed by atoms with E-state index in [1.165, 1.54) is 12.8 Å². The molecule has 0 rings (SSSR count). The van der Waals surface area contributed by atoms with Crippen LogP contribution in [-0.4, -0.2) is 11.4 Å². The summed E-state index contributed by atoms with van der Waals surface area (Å²) in [4.78, 5) is 11.5. The molecule has 0 saturated heterocycles. The highest BCUT2D eigenvalue weighted by molar-refractivity contribution is 5.75. The summed E-state index contributed by atoms with van der Waals surface area (Å²) in [5.41, 5.74) is 6.07. The number of hydrazine groups is 1. The Hall–Kier alpha value is -0.570. The predicted molar refractivity (Wildman–Crippen MR) is 73.6 cm³/mol. The molecule has 3 nitrogen and oxygen atoms in total. The minimum atomic E-state index is -0.0676. The van der Waals surface area contributed by atoms with E-state index in [2.05, 4.69) is 31.6 Å². The Bertz CT molecular complexity index is 223. The van der Waals surface area contributed by atoms with Crippen molar-refractivity contribution in [3.05, 3.63) is 0 Å². The van der Waals surface area contributed by atoms with E-state index >= 15 is 0 Å². The molecule has 1 amide bonds. The first-order valence-electron chi connectivity index (χ1n) is 6.66. The molecule has 0 aliphatic heterocycles. The summed E-state index contributed by atoms with van der Waals surface area (Å²) in [6.07, 6.45) is 5.18. The van der Waals surface area contributed by atoms with E-state index in [-0.39, 0.29) is 11.4 Å². The molecule has 0 aliphatic rings. The van der Waals surface area contributed by atoms with Gasteiger partial charge in [0.1, 0.15) is 0 Å². The van der Waals surface area contributed by atoms with Crippen molar-refractivity contribution in [2.75, 3.05) is 0 Å². The largest absolute Gasteiger partial charge is 0.291 e. The molecule has 0 atom stereocenters. The van der Waals surface area contributed by atoms with E-state index in [1.54, 1.807) is 0 Å². The van der Waals surface area contributed by atoms with Crippen molar-refractivity contribution < 1.29 is 4.79 Å². The Morgan fingerprint density at radius 2 is 1.53 bits per heavy atom. The maximum Gasteiger partial charge on any atom is 0.234 e. The van der Waals surface area contributed by atoms with E-state index in [1.807, 2.05) is 20.8 Å². The van der Waals surface area contributed by atoms with Crippen LogP contribution in [0.5, 0.6) is 0 Å². The minimum absolute atomic E-state index is 0.0676. The molecule has 2 N–H and O–H groups in total. The van der Waals surface area contributed by atoms with E-state index in [9.17, 15) is 4.79 Å². The van der Waals surface area contributed by atoms with Crippen molar-refractivity contribution in [2.24, 2.45) is 5.41 Å². The summed E-state index contributed by atoms with van der Waals surface area (Å²) < 4.78 is 0. The molecule has 102 valence electrons. The minimum Gasteiger partial charge on any atom is -0.291 e. The smallest absolute Gasteiger partial charge is 0.234 e. The highest BCUT2D eigenvalue weighted by Gasteiger charge is 2.11. The summed E-state index contributed by atoms with van der Waals surface area (Å²) in [7, 11) is 0. The van der Waals surface area contributed by atoms with E-state index in [0.29, 0.717) is 11.8 Å². The SMILES string of the molecule is CC(C)(C)CCCCCC(=O)NNC(C)(C)C. The van der Waals surface area contributed by atoms with Crippen LogP contribution in [0.1, 0.15) is 73.6 Å². The zero-order valence-electron chi connectivity index (χ0n) is 12.4. The Morgan fingerprint density at radius 3 is 2.00 bits per heavy atom. The van der Waals surface area contributed by atoms with Crippen LogP contribution < -0.4 is 10.9 Å². The van der Waals surface area contributed by atoms with Crippen LogP contribution in [0.15, 0.2) is 0 Å². The number of carbonyl (C=O) groups is 1. The lowest BCUT2D eigenvalue weighted by molar-refractivity contribution is -0.122. The van der Waals surface area contributed by atoms with Gasteiger partial charge in [-0.1, -0.05) is 33.6 Å². The zero-order valence-corrected chi connectivity index (χ0v) is 12.4. The number of hydrogen-bond acceptors (Lipinski definition) is 2. The second-order valence-corrected chi connectivity index (χ2v) is 7.04. The number of carbonyl (C=O) groups excluding carboxylic acids is 1. The van der Waals surface area contributed by atoms with Gasteiger partial charge in [-0.05, 0) is 39.0 Å². The lowest BCUT2D eigenvalue weighted by atomic mass is 9.89. The van der Waals surface area contributed by atoms with Gasteiger partial charge in [0.15, 0.2) is 0 Å². The third kappa shape index (κ3) is 13.4. The van der Waals surface area contributed by atoms with Crippen molar-refractivity contribution in [3.63, 3.8) is 0 Å². The van der Waals surface area contributed by atoms with Crippen molar-refractivity contribution >= 4 is 5.91 Å². The van der Waals surface area contributed by atoms with Crippen LogP contribution in [0.25, 0.3) is 0 Å². The molecule has 0 aromatic carbocycles. The van der Waals surface area contributed by atoms with Crippen LogP contribution in [0.3, 0.4) is 0 Å². The number of unbranched alkanes of at least 4 members (excludes halogenated alkanes) is 2. The fraction of sp³-hybridized carbons (Fsp3) is 0.929. The van der Waals surface area contributed by atoms with Crippen molar-refractivity contribution in [2.45, 2.75) is 79.2 Å². The third-order valence-corrected chi connectivity index (χ3v) is 2.41. The van der Waals surface area contributed by atoms with E-state index in [0.717, 1.165) is 12.8 Å². The molecule has 0 aliphatic carbocycles. The molecule has 0 saturated carbocycles. The highest BCUT2D eigenvalue weighted by atomic mass is 16.2. The molecule has 0 spiro atoms. The summed E-state index contributed by atoms with van der Waals surface area (Å²) in [5.74, 6) is 0.0932. The van der Waals surface area contributed by atoms with E-state index in [4.69, 9.17) is 0 Å². The van der Waals surface area contributed by atoms with E-state index < -0.39 is 0 Å². The van der Waals surface area contributed by atoms with Gasteiger partial charge in [-0.3, -0.25) is 10.2 Å². The number of hydrogen-bond donors (Lipinski definition) is 2. The molecule has 3 heteroatoms. The molecular formula is C14H30N2O. The molecule has 0 aromatic rings. The molecule has 0 unspecified atom stereocenters. The zero-order chi connectivity index (χ0) is 13.5. The van der Waals surface area contributed by atoms with Crippen molar-refractivity contribution in [3.8, 4) is 0 Å². The van der Waals surface area contributed by atoms with Gasteiger partial charge in [-0.15, -0.1) is 0 Å². The average molecular weight is 242 g/mol. The molecule has 0 radical (unpaired) electrons. The molecular weight excluding hydrogens is 212 g/mol. The number of amides is 1. The molecule has 0 fully saturated rings. The van der Waals surface area contributed by atoms with Gasteiger partial charge < -0.3 is 0 Å². The van der Waals surface area contributed by atoms with Crippen molar-refractivity contribution in [1.29, 1.82) is 0 Å². The molecule has 17 heavy (non-hydrogen) atoms. The standard InChI is InChI=1S/C14H30N2O/c1-13(2,3)11-9-7-8-10-12(17)15-16-14(4,5)6/h16H,7-11H2,1-6H3,(H,15,17). The Morgan fingerprint density at radius 1 is 0.941 bits per heavy atom. The van der Waals surface area contributed by atoms with Gasteiger partial charge in [-0.25, -0.2) is 5.43 Å². The van der Waals surface area contributed by atoms with Crippen molar-refractivity contribution in [1.82, 2.24) is 10.9 Å². The number of rotatable bonds is 6. The maximum atomic E-state index is 11.5. The van der Waals surface area contributed by atoms with Crippen LogP contribution in [0, 0.1) is 5.41 Å². The lowest BCUT2D eigenvalue weighted by Crippen LogP contribution is -2.48. The Kier molecular flexibility index (Phi) is 6.76. The van der Waals surface area contributed by atoms with Crippen LogP contribution in [0.2, 0.25) is 0 Å². The quantitative estimate of drug-likeness (QED) is 0.553. The summed E-state index contributed by atoms with van der Waals surface area (Å²) in [5, 5.41) is 0. The lowest BCUT2D eigenvalue weighted by Gasteiger charge is -2.21. The van der Waals surface area contributed by atoms with Gasteiger partial charge >= 0.3 is 0 Å². The first-order valence-corrected chi connectivity index (χ1v) is 6.66. The highest BCUT2D eigenvalue weighted by Crippen LogP contribution is 2.22. The van der Waals surface area contributed by atoms with Crippen LogP contribution >= 0.6 is 0 Å². The van der Waals surface area contributed by atoms with Gasteiger partial charge in [0.2, 0.25) is 5.91 Å². The summed E-state index contributed by atoms with van der Waals surface area (Å²) in [6, 6.07) is 0. The fourth-order valence-corrected chi connectivity index (χ4v) is 1.44. The third-order valence-electron chi connectivity index (χ3n) is 2.41. The molecule has 0 aromatic heterocycles. The molecule has 0 bridgehead atoms. The van der Waals surface area contributed by atoms with Crippen LogP contribution in [0.4, 0.5) is 0 Å². The van der Waals surface area contributed by atoms with Gasteiger partial charge in [0.05, 0.1) is 0 Å². The normalized spacial score (nSPS) is 12.6. The Balaban J connectivity index is 3.47. The first kappa shape index (κ1) is 16.4. The second-order valence-electron chi connectivity index (χ2n) is 7.04. The average Bonchev–Trinajstić information content (AvgIpc) is 2.11. The second kappa shape index (κ2) is 7.00. The first-order chi connectivity index (χ1) is 7.60. The summed E-state index contributed by atoms with van der Waals surface area (Å²) in [6.45, 7) is 12.8. The Labute approximate surface area is 107 Å². The van der Waals surface area contributed by atoms with Crippen LogP contribution in [-0.2, 0) is 4.79 Å². The topological polar surface area (TPSA) is 41.1 Å². The monoisotopic (exact) mass is 242 g/mol. The van der Waals surface area contributed by atoms with Gasteiger partial charge in [0, 0.05) is 12.0 Å². The fourth-order valence-electron chi connectivity index (χ4n) is 1.44. The summed E-state index contributed by atoms with van der Waals surface area (Å²) >= 11 is 0. The number of nitrogens with one attached hydrogen (secondary N) is 2.